The third-order valence-corrected chi connectivity index (χ3v) is 3.04. The van der Waals surface area contributed by atoms with Gasteiger partial charge in [-0.25, -0.2) is 0 Å². The van der Waals surface area contributed by atoms with Crippen molar-refractivity contribution in [2.45, 2.75) is 20.3 Å². The molecular weight excluding hydrogens is 270 g/mol. The Morgan fingerprint density at radius 2 is 1.89 bits per heavy atom. The van der Waals surface area contributed by atoms with Gasteiger partial charge in [-0.15, -0.1) is 0 Å². The zero-order chi connectivity index (χ0) is 14.4. The number of ether oxygens (including phenoxy) is 1. The number of rotatable bonds is 6. The first kappa shape index (κ1) is 15.3. The Hall–Kier alpha value is -1.75. The van der Waals surface area contributed by atoms with E-state index in [1.807, 2.05) is 13.8 Å². The van der Waals surface area contributed by atoms with E-state index in [-0.39, 0.29) is 25.5 Å². The molecule has 0 fully saturated rings. The van der Waals surface area contributed by atoms with E-state index in [0.717, 1.165) is 11.1 Å². The van der Waals surface area contributed by atoms with Crippen LogP contribution in [0.4, 0.5) is 0 Å². The molecule has 0 unspecified atom stereocenters. The summed E-state index contributed by atoms with van der Waals surface area (Å²) < 4.78 is 5.32. The van der Waals surface area contributed by atoms with Crippen LogP contribution in [0.25, 0.3) is 0 Å². The number of aryl methyl sites for hydroxylation is 2. The van der Waals surface area contributed by atoms with Gasteiger partial charge < -0.3 is 15.2 Å². The number of carbonyl (C=O) groups excluding carboxylic acids is 1. The Bertz CT molecular complexity index is 465. The molecule has 6 heteroatoms. The molecule has 5 nitrogen and oxygen atoms in total. The highest BCUT2D eigenvalue weighted by Crippen LogP contribution is 2.25. The number of carboxylic acids is 1. The Balaban J connectivity index is 2.44. The average Bonchev–Trinajstić information content (AvgIpc) is 2.32. The predicted octanol–water partition coefficient (Wildman–Crippen LogP) is 1.93. The first-order valence-corrected chi connectivity index (χ1v) is 6.16. The lowest BCUT2D eigenvalue weighted by molar-refractivity contribution is -0.137. The second-order valence-corrected chi connectivity index (χ2v) is 4.53. The van der Waals surface area contributed by atoms with Crippen LogP contribution in [0.1, 0.15) is 17.5 Å². The number of hydrogen-bond acceptors (Lipinski definition) is 3. The molecule has 0 atom stereocenters. The van der Waals surface area contributed by atoms with E-state index < -0.39 is 5.97 Å². The summed E-state index contributed by atoms with van der Waals surface area (Å²) in [6, 6.07) is 3.50. The van der Waals surface area contributed by atoms with E-state index in [2.05, 4.69) is 5.32 Å². The molecule has 0 aromatic heterocycles. The quantitative estimate of drug-likeness (QED) is 0.837. The number of hydrogen-bond donors (Lipinski definition) is 2. The zero-order valence-electron chi connectivity index (χ0n) is 10.8. The van der Waals surface area contributed by atoms with Crippen molar-refractivity contribution in [1.82, 2.24) is 5.32 Å². The lowest BCUT2D eigenvalue weighted by atomic mass is 10.1. The van der Waals surface area contributed by atoms with Crippen molar-refractivity contribution in [3.63, 3.8) is 0 Å². The van der Waals surface area contributed by atoms with E-state index in [1.165, 1.54) is 0 Å². The van der Waals surface area contributed by atoms with Crippen LogP contribution in [0.5, 0.6) is 5.75 Å². The minimum absolute atomic E-state index is 0.0935. The summed E-state index contributed by atoms with van der Waals surface area (Å²) in [5.41, 5.74) is 1.76. The number of carbonyl (C=O) groups is 2. The Labute approximate surface area is 116 Å². The molecule has 104 valence electrons. The van der Waals surface area contributed by atoms with Gasteiger partial charge in [0, 0.05) is 11.6 Å². The molecule has 1 aromatic carbocycles. The lowest BCUT2D eigenvalue weighted by Gasteiger charge is -2.10. The van der Waals surface area contributed by atoms with Crippen molar-refractivity contribution in [1.29, 1.82) is 0 Å². The Kier molecular flexibility index (Phi) is 5.63. The first-order chi connectivity index (χ1) is 8.90. The molecule has 0 saturated carbocycles. The molecule has 0 aliphatic carbocycles. The first-order valence-electron chi connectivity index (χ1n) is 5.78. The van der Waals surface area contributed by atoms with E-state index >= 15 is 0 Å². The summed E-state index contributed by atoms with van der Waals surface area (Å²) in [5.74, 6) is -0.746. The molecule has 0 bridgehead atoms. The van der Waals surface area contributed by atoms with Gasteiger partial charge in [-0.3, -0.25) is 9.59 Å². The van der Waals surface area contributed by atoms with Crippen molar-refractivity contribution < 1.29 is 19.4 Å². The van der Waals surface area contributed by atoms with Gasteiger partial charge in [0.25, 0.3) is 5.91 Å². The van der Waals surface area contributed by atoms with Gasteiger partial charge in [0.2, 0.25) is 0 Å². The number of halogens is 1. The fraction of sp³-hybridized carbons (Fsp3) is 0.385. The summed E-state index contributed by atoms with van der Waals surface area (Å²) >= 11 is 6.02. The van der Waals surface area contributed by atoms with Gasteiger partial charge in [-0.2, -0.15) is 0 Å². The molecule has 2 N–H and O–H groups in total. The maximum atomic E-state index is 11.4. The molecule has 1 amide bonds. The van der Waals surface area contributed by atoms with Gasteiger partial charge in [0.15, 0.2) is 6.61 Å². The molecule has 0 saturated heterocycles. The number of amides is 1. The van der Waals surface area contributed by atoms with Gasteiger partial charge in [-0.1, -0.05) is 11.6 Å². The van der Waals surface area contributed by atoms with Crippen molar-refractivity contribution in [2.24, 2.45) is 0 Å². The fourth-order valence-corrected chi connectivity index (χ4v) is 1.61. The third-order valence-electron chi connectivity index (χ3n) is 2.44. The number of aliphatic carboxylic acids is 1. The van der Waals surface area contributed by atoms with Crippen molar-refractivity contribution in [3.05, 3.63) is 28.3 Å². The van der Waals surface area contributed by atoms with Crippen LogP contribution in [-0.4, -0.2) is 30.1 Å². The van der Waals surface area contributed by atoms with Crippen LogP contribution in [0.3, 0.4) is 0 Å². The van der Waals surface area contributed by atoms with Crippen LogP contribution < -0.4 is 10.1 Å². The van der Waals surface area contributed by atoms with E-state index in [1.54, 1.807) is 12.1 Å². The molecule has 1 rings (SSSR count). The lowest BCUT2D eigenvalue weighted by Crippen LogP contribution is -2.30. The van der Waals surface area contributed by atoms with Gasteiger partial charge in [0.1, 0.15) is 5.75 Å². The zero-order valence-corrected chi connectivity index (χ0v) is 11.6. The van der Waals surface area contributed by atoms with Gasteiger partial charge >= 0.3 is 5.97 Å². The van der Waals surface area contributed by atoms with E-state index in [9.17, 15) is 9.59 Å². The summed E-state index contributed by atoms with van der Waals surface area (Å²) in [5, 5.41) is 11.6. The van der Waals surface area contributed by atoms with Crippen molar-refractivity contribution in [2.75, 3.05) is 13.2 Å². The number of carboxylic acid groups (broad SMARTS) is 1. The van der Waals surface area contributed by atoms with Crippen molar-refractivity contribution in [3.8, 4) is 5.75 Å². The summed E-state index contributed by atoms with van der Waals surface area (Å²) in [6.45, 7) is 3.65. The number of nitrogens with one attached hydrogen (secondary N) is 1. The standard InChI is InChI=1S/C13H16ClNO4/c1-8-5-10(6-9(2)13(8)14)19-7-11(16)15-4-3-12(17)18/h5-6H,3-4,7H2,1-2H3,(H,15,16)(H,17,18). The molecule has 0 aliphatic heterocycles. The van der Waals surface area contributed by atoms with E-state index in [4.69, 9.17) is 21.4 Å². The van der Waals surface area contributed by atoms with Crippen LogP contribution in [0.15, 0.2) is 12.1 Å². The molecule has 19 heavy (non-hydrogen) atoms. The number of benzene rings is 1. The molecule has 1 aromatic rings. The van der Waals surface area contributed by atoms with Crippen LogP contribution >= 0.6 is 11.6 Å². The van der Waals surface area contributed by atoms with Crippen molar-refractivity contribution >= 4 is 23.5 Å². The maximum absolute atomic E-state index is 11.4. The monoisotopic (exact) mass is 285 g/mol. The smallest absolute Gasteiger partial charge is 0.305 e. The summed E-state index contributed by atoms with van der Waals surface area (Å²) in [4.78, 5) is 21.7. The molecule has 0 aliphatic rings. The second-order valence-electron chi connectivity index (χ2n) is 4.15. The normalized spacial score (nSPS) is 10.1. The Morgan fingerprint density at radius 3 is 2.42 bits per heavy atom. The highest BCUT2D eigenvalue weighted by atomic mass is 35.5. The van der Waals surface area contributed by atoms with Crippen LogP contribution in [0.2, 0.25) is 5.02 Å². The highest BCUT2D eigenvalue weighted by Gasteiger charge is 2.06. The second kappa shape index (κ2) is 6.99. The van der Waals surface area contributed by atoms with Gasteiger partial charge in [0.05, 0.1) is 6.42 Å². The topological polar surface area (TPSA) is 75.6 Å². The minimum atomic E-state index is -0.954. The van der Waals surface area contributed by atoms with E-state index in [0.29, 0.717) is 10.8 Å². The fourth-order valence-electron chi connectivity index (χ4n) is 1.50. The third kappa shape index (κ3) is 5.18. The average molecular weight is 286 g/mol. The largest absolute Gasteiger partial charge is 0.484 e. The van der Waals surface area contributed by atoms with Crippen LogP contribution in [-0.2, 0) is 9.59 Å². The van der Waals surface area contributed by atoms with Crippen LogP contribution in [0, 0.1) is 13.8 Å². The predicted molar refractivity (Wildman–Crippen MR) is 71.7 cm³/mol. The minimum Gasteiger partial charge on any atom is -0.484 e. The highest BCUT2D eigenvalue weighted by molar-refractivity contribution is 6.32. The van der Waals surface area contributed by atoms with Gasteiger partial charge in [-0.05, 0) is 37.1 Å². The summed E-state index contributed by atoms with van der Waals surface area (Å²) in [6.07, 6.45) is -0.106. The molecule has 0 heterocycles. The Morgan fingerprint density at radius 1 is 1.32 bits per heavy atom. The molecular formula is C13H16ClNO4. The summed E-state index contributed by atoms with van der Waals surface area (Å²) in [7, 11) is 0. The molecule has 0 radical (unpaired) electrons. The SMILES string of the molecule is Cc1cc(OCC(=O)NCCC(=O)O)cc(C)c1Cl. The maximum Gasteiger partial charge on any atom is 0.305 e. The molecule has 0 spiro atoms.